The summed E-state index contributed by atoms with van der Waals surface area (Å²) in [5.74, 6) is 0. The molecule has 0 atom stereocenters. The molecule has 6 nitrogen and oxygen atoms in total. The van der Waals surface area contributed by atoms with Gasteiger partial charge in [0.05, 0.1) is 9.82 Å². The molecule has 0 radical (unpaired) electrons. The van der Waals surface area contributed by atoms with E-state index >= 15 is 0 Å². The third-order valence-corrected chi connectivity index (χ3v) is 4.33. The zero-order valence-electron chi connectivity index (χ0n) is 10.5. The van der Waals surface area contributed by atoms with Crippen molar-refractivity contribution in [2.24, 2.45) is 0 Å². The third kappa shape index (κ3) is 3.51. The van der Waals surface area contributed by atoms with Crippen molar-refractivity contribution < 1.29 is 13.3 Å². The van der Waals surface area contributed by atoms with Gasteiger partial charge in [0.15, 0.2) is 0 Å². The highest BCUT2D eigenvalue weighted by molar-refractivity contribution is 7.89. The van der Waals surface area contributed by atoms with Crippen molar-refractivity contribution in [1.29, 1.82) is 0 Å². The summed E-state index contributed by atoms with van der Waals surface area (Å²) in [6.07, 6.45) is 0.612. The Morgan fingerprint density at radius 3 is 2.50 bits per heavy atom. The van der Waals surface area contributed by atoms with Crippen molar-refractivity contribution in [2.75, 3.05) is 0 Å². The lowest BCUT2D eigenvalue weighted by atomic mass is 10.0. The van der Waals surface area contributed by atoms with Crippen molar-refractivity contribution >= 4 is 15.7 Å². The molecule has 0 unspecified atom stereocenters. The standard InChI is InChI=1S/C11H16N2O4S/c1-4-11(2,3)12-18(16,17)10-7-5-6-9(8-10)13(14)15/h5-8,12H,4H2,1-3H3. The van der Waals surface area contributed by atoms with Crippen LogP contribution in [0.25, 0.3) is 0 Å². The van der Waals surface area contributed by atoms with Gasteiger partial charge in [-0.1, -0.05) is 13.0 Å². The molecule has 0 bridgehead atoms. The van der Waals surface area contributed by atoms with E-state index < -0.39 is 20.5 Å². The molecule has 0 aliphatic heterocycles. The van der Waals surface area contributed by atoms with Crippen LogP contribution in [0.1, 0.15) is 27.2 Å². The number of hydrogen-bond acceptors (Lipinski definition) is 4. The van der Waals surface area contributed by atoms with Gasteiger partial charge in [0.25, 0.3) is 5.69 Å². The molecule has 0 aliphatic rings. The highest BCUT2D eigenvalue weighted by Crippen LogP contribution is 2.19. The van der Waals surface area contributed by atoms with E-state index in [9.17, 15) is 18.5 Å². The first kappa shape index (κ1) is 14.6. The number of nitro groups is 1. The summed E-state index contributed by atoms with van der Waals surface area (Å²) < 4.78 is 26.6. The zero-order chi connectivity index (χ0) is 14.0. The molecule has 0 saturated carbocycles. The Balaban J connectivity index is 3.13. The molecule has 0 spiro atoms. The number of nitrogens with zero attached hydrogens (tertiary/aromatic N) is 1. The quantitative estimate of drug-likeness (QED) is 0.656. The number of rotatable bonds is 5. The first-order chi connectivity index (χ1) is 8.18. The van der Waals surface area contributed by atoms with Gasteiger partial charge < -0.3 is 0 Å². The number of non-ortho nitro benzene ring substituents is 1. The first-order valence-electron chi connectivity index (χ1n) is 5.46. The van der Waals surface area contributed by atoms with Crippen LogP contribution in [-0.2, 0) is 10.0 Å². The van der Waals surface area contributed by atoms with Crippen molar-refractivity contribution in [3.05, 3.63) is 34.4 Å². The van der Waals surface area contributed by atoms with E-state index in [1.54, 1.807) is 13.8 Å². The molecule has 100 valence electrons. The van der Waals surface area contributed by atoms with E-state index in [4.69, 9.17) is 0 Å². The molecule has 1 aromatic carbocycles. The molecule has 0 saturated heterocycles. The molecule has 18 heavy (non-hydrogen) atoms. The molecule has 0 aliphatic carbocycles. The maximum Gasteiger partial charge on any atom is 0.270 e. The van der Waals surface area contributed by atoms with Crippen LogP contribution in [0.4, 0.5) is 5.69 Å². The highest BCUT2D eigenvalue weighted by atomic mass is 32.2. The van der Waals surface area contributed by atoms with Crippen LogP contribution >= 0.6 is 0 Å². The van der Waals surface area contributed by atoms with Gasteiger partial charge in [-0.2, -0.15) is 0 Å². The van der Waals surface area contributed by atoms with Gasteiger partial charge in [0.1, 0.15) is 0 Å². The summed E-state index contributed by atoms with van der Waals surface area (Å²) in [7, 11) is -3.74. The second-order valence-electron chi connectivity index (χ2n) is 4.60. The Morgan fingerprint density at radius 2 is 2.00 bits per heavy atom. The second-order valence-corrected chi connectivity index (χ2v) is 6.28. The topological polar surface area (TPSA) is 89.3 Å². The number of sulfonamides is 1. The van der Waals surface area contributed by atoms with E-state index in [1.807, 2.05) is 6.92 Å². The summed E-state index contributed by atoms with van der Waals surface area (Å²) in [5, 5.41) is 10.6. The Bertz CT molecular complexity index is 552. The summed E-state index contributed by atoms with van der Waals surface area (Å²) in [6.45, 7) is 5.36. The minimum absolute atomic E-state index is 0.0989. The fourth-order valence-corrected chi connectivity index (χ4v) is 2.78. The van der Waals surface area contributed by atoms with Crippen LogP contribution in [0.5, 0.6) is 0 Å². The Hall–Kier alpha value is -1.47. The Kier molecular flexibility index (Phi) is 4.08. The maximum atomic E-state index is 12.0. The van der Waals surface area contributed by atoms with E-state index in [0.717, 1.165) is 6.07 Å². The molecule has 0 heterocycles. The first-order valence-corrected chi connectivity index (χ1v) is 6.95. The van der Waals surface area contributed by atoms with E-state index in [1.165, 1.54) is 18.2 Å². The summed E-state index contributed by atoms with van der Waals surface area (Å²) in [5.41, 5.74) is -0.837. The minimum Gasteiger partial charge on any atom is -0.258 e. The Labute approximate surface area is 106 Å². The molecule has 0 aromatic heterocycles. The van der Waals surface area contributed by atoms with Crippen molar-refractivity contribution in [1.82, 2.24) is 4.72 Å². The van der Waals surface area contributed by atoms with Crippen molar-refractivity contribution in [3.8, 4) is 0 Å². The monoisotopic (exact) mass is 272 g/mol. The molecular weight excluding hydrogens is 256 g/mol. The lowest BCUT2D eigenvalue weighted by molar-refractivity contribution is -0.385. The molecular formula is C11H16N2O4S. The molecule has 1 N–H and O–H groups in total. The largest absolute Gasteiger partial charge is 0.270 e. The predicted octanol–water partition coefficient (Wildman–Crippen LogP) is 2.06. The SMILES string of the molecule is CCC(C)(C)NS(=O)(=O)c1cccc([N+](=O)[O-])c1. The van der Waals surface area contributed by atoms with Gasteiger partial charge in [-0.3, -0.25) is 10.1 Å². The van der Waals surface area contributed by atoms with Gasteiger partial charge >= 0.3 is 0 Å². The smallest absolute Gasteiger partial charge is 0.258 e. The van der Waals surface area contributed by atoms with Crippen LogP contribution in [0.15, 0.2) is 29.2 Å². The van der Waals surface area contributed by atoms with Crippen LogP contribution in [0.3, 0.4) is 0 Å². The third-order valence-electron chi connectivity index (χ3n) is 2.63. The molecule has 1 rings (SSSR count). The summed E-state index contributed by atoms with van der Waals surface area (Å²) >= 11 is 0. The molecule has 7 heteroatoms. The molecule has 1 aromatic rings. The van der Waals surface area contributed by atoms with Crippen LogP contribution in [-0.4, -0.2) is 18.9 Å². The number of benzene rings is 1. The predicted molar refractivity (Wildman–Crippen MR) is 67.8 cm³/mol. The van der Waals surface area contributed by atoms with Gasteiger partial charge in [-0.05, 0) is 26.3 Å². The highest BCUT2D eigenvalue weighted by Gasteiger charge is 2.25. The number of hydrogen-bond donors (Lipinski definition) is 1. The van der Waals surface area contributed by atoms with Gasteiger partial charge in [-0.15, -0.1) is 0 Å². The van der Waals surface area contributed by atoms with Gasteiger partial charge in [0, 0.05) is 17.7 Å². The zero-order valence-corrected chi connectivity index (χ0v) is 11.3. The number of nitrogens with one attached hydrogen (secondary N) is 1. The molecule has 0 amide bonds. The van der Waals surface area contributed by atoms with Crippen molar-refractivity contribution in [3.63, 3.8) is 0 Å². The van der Waals surface area contributed by atoms with Gasteiger partial charge in [-0.25, -0.2) is 13.1 Å². The minimum atomic E-state index is -3.74. The van der Waals surface area contributed by atoms with Crippen LogP contribution in [0, 0.1) is 10.1 Å². The fourth-order valence-electron chi connectivity index (χ4n) is 1.26. The van der Waals surface area contributed by atoms with E-state index in [-0.39, 0.29) is 10.6 Å². The second kappa shape index (κ2) is 5.03. The number of nitro benzene ring substituents is 1. The van der Waals surface area contributed by atoms with Gasteiger partial charge in [0.2, 0.25) is 10.0 Å². The maximum absolute atomic E-state index is 12.0. The van der Waals surface area contributed by atoms with Crippen LogP contribution < -0.4 is 4.72 Å². The average molecular weight is 272 g/mol. The lowest BCUT2D eigenvalue weighted by Gasteiger charge is -2.24. The van der Waals surface area contributed by atoms with Crippen LogP contribution in [0.2, 0.25) is 0 Å². The summed E-state index contributed by atoms with van der Waals surface area (Å²) in [4.78, 5) is 9.89. The van der Waals surface area contributed by atoms with E-state index in [0.29, 0.717) is 6.42 Å². The average Bonchev–Trinajstić information content (AvgIpc) is 2.28. The lowest BCUT2D eigenvalue weighted by Crippen LogP contribution is -2.42. The molecule has 0 fully saturated rings. The van der Waals surface area contributed by atoms with E-state index in [2.05, 4.69) is 4.72 Å². The van der Waals surface area contributed by atoms with Crippen molar-refractivity contribution in [2.45, 2.75) is 37.6 Å². The Morgan fingerprint density at radius 1 is 1.39 bits per heavy atom. The fraction of sp³-hybridized carbons (Fsp3) is 0.455. The normalized spacial score (nSPS) is 12.4. The summed E-state index contributed by atoms with van der Waals surface area (Å²) in [6, 6.07) is 4.99.